The first-order valence-corrected chi connectivity index (χ1v) is 9.58. The van der Waals surface area contributed by atoms with Crippen molar-refractivity contribution in [3.05, 3.63) is 35.4 Å². The van der Waals surface area contributed by atoms with Gasteiger partial charge in [0.15, 0.2) is 0 Å². The second kappa shape index (κ2) is 7.15. The van der Waals surface area contributed by atoms with Gasteiger partial charge in [0.1, 0.15) is 8.07 Å². The summed E-state index contributed by atoms with van der Waals surface area (Å²) >= 11 is 0. The van der Waals surface area contributed by atoms with Gasteiger partial charge in [0.05, 0.1) is 5.56 Å². The molecule has 0 aromatic heterocycles. The molecule has 3 heteroatoms. The van der Waals surface area contributed by atoms with Gasteiger partial charge in [0.25, 0.3) is 5.91 Å². The van der Waals surface area contributed by atoms with Crippen molar-refractivity contribution in [2.24, 2.45) is 0 Å². The summed E-state index contributed by atoms with van der Waals surface area (Å²) in [6, 6.07) is 11.1. The zero-order valence-corrected chi connectivity index (χ0v) is 13.3. The van der Waals surface area contributed by atoms with E-state index in [-0.39, 0.29) is 5.91 Å². The van der Waals surface area contributed by atoms with Crippen LogP contribution in [0.15, 0.2) is 24.3 Å². The van der Waals surface area contributed by atoms with E-state index < -0.39 is 8.07 Å². The Morgan fingerprint density at radius 1 is 1.16 bits per heavy atom. The Hall–Kier alpha value is -1.53. The van der Waals surface area contributed by atoms with Crippen LogP contribution >= 0.6 is 0 Å². The molecule has 0 saturated heterocycles. The first-order valence-electron chi connectivity index (χ1n) is 6.96. The molecular weight excluding hydrogens is 250 g/mol. The van der Waals surface area contributed by atoms with Gasteiger partial charge in [-0.05, 0) is 30.3 Å². The predicted octanol–water partition coefficient (Wildman–Crippen LogP) is 3.45. The van der Waals surface area contributed by atoms with Crippen molar-refractivity contribution in [3.63, 3.8) is 0 Å². The molecule has 1 rings (SSSR count). The Morgan fingerprint density at radius 3 is 2.26 bits per heavy atom. The lowest BCUT2D eigenvalue weighted by atomic mass is 10.1. The van der Waals surface area contributed by atoms with Crippen molar-refractivity contribution in [2.45, 2.75) is 38.9 Å². The molecule has 0 fully saturated rings. The zero-order chi connectivity index (χ0) is 14.3. The molecule has 0 aliphatic carbocycles. The van der Waals surface area contributed by atoms with E-state index in [1.807, 2.05) is 24.3 Å². The van der Waals surface area contributed by atoms with E-state index in [2.05, 4.69) is 37.6 Å². The van der Waals surface area contributed by atoms with Crippen molar-refractivity contribution < 1.29 is 4.79 Å². The van der Waals surface area contributed by atoms with Crippen molar-refractivity contribution in [1.29, 1.82) is 0 Å². The molecule has 0 atom stereocenters. The Labute approximate surface area is 117 Å². The average Bonchev–Trinajstić information content (AvgIpc) is 2.49. The van der Waals surface area contributed by atoms with Crippen LogP contribution in [0, 0.1) is 11.5 Å². The van der Waals surface area contributed by atoms with Crippen LogP contribution in [-0.4, -0.2) is 21.0 Å². The van der Waals surface area contributed by atoms with E-state index in [9.17, 15) is 4.79 Å². The number of carbonyl (C=O) groups is 1. The number of nitrogens with one attached hydrogen (secondary N) is 1. The highest BCUT2D eigenvalue weighted by atomic mass is 28.3. The largest absolute Gasteiger partial charge is 0.355 e. The second-order valence-corrected chi connectivity index (χ2v) is 9.65. The van der Waals surface area contributed by atoms with Crippen LogP contribution in [0.1, 0.15) is 36.7 Å². The molecular formula is C16H23NOSi. The van der Waals surface area contributed by atoms with Gasteiger partial charge in [-0.15, -0.1) is 5.54 Å². The molecule has 1 N–H and O–H groups in total. The summed E-state index contributed by atoms with van der Waals surface area (Å²) < 4.78 is 0. The predicted molar refractivity (Wildman–Crippen MR) is 83.9 cm³/mol. The molecule has 0 unspecified atom stereocenters. The summed E-state index contributed by atoms with van der Waals surface area (Å²) in [6.07, 6.45) is 0. The molecule has 0 heterocycles. The number of amides is 1. The zero-order valence-electron chi connectivity index (χ0n) is 12.3. The van der Waals surface area contributed by atoms with E-state index in [0.29, 0.717) is 5.56 Å². The van der Waals surface area contributed by atoms with Gasteiger partial charge in [0.2, 0.25) is 0 Å². The van der Waals surface area contributed by atoms with Crippen molar-refractivity contribution in [1.82, 2.24) is 5.32 Å². The molecule has 0 spiro atoms. The standard InChI is InChI=1S/C16H23NOSi/c1-5-19(6-2,7-3)13-12-14-10-8-9-11-15(14)16(18)17-4/h8-11H,5-7H2,1-4H3,(H,17,18). The summed E-state index contributed by atoms with van der Waals surface area (Å²) in [6.45, 7) is 6.70. The lowest BCUT2D eigenvalue weighted by molar-refractivity contribution is 0.0963. The van der Waals surface area contributed by atoms with Gasteiger partial charge in [-0.25, -0.2) is 0 Å². The molecule has 0 saturated carbocycles. The fourth-order valence-corrected chi connectivity index (χ4v) is 4.57. The highest BCUT2D eigenvalue weighted by Gasteiger charge is 2.24. The molecule has 1 amide bonds. The van der Waals surface area contributed by atoms with E-state index in [1.54, 1.807) is 7.05 Å². The quantitative estimate of drug-likeness (QED) is 0.661. The van der Waals surface area contributed by atoms with Gasteiger partial charge in [-0.2, -0.15) is 0 Å². The SMILES string of the molecule is CC[Si](C#Cc1ccccc1C(=O)NC)(CC)CC. The van der Waals surface area contributed by atoms with Crippen LogP contribution in [0.3, 0.4) is 0 Å². The first kappa shape index (κ1) is 15.5. The molecule has 1 aromatic carbocycles. The number of hydrogen-bond acceptors (Lipinski definition) is 1. The third-order valence-corrected chi connectivity index (χ3v) is 8.61. The minimum Gasteiger partial charge on any atom is -0.355 e. The molecule has 19 heavy (non-hydrogen) atoms. The van der Waals surface area contributed by atoms with E-state index >= 15 is 0 Å². The van der Waals surface area contributed by atoms with Crippen LogP contribution in [0.5, 0.6) is 0 Å². The fraction of sp³-hybridized carbons (Fsp3) is 0.438. The van der Waals surface area contributed by atoms with E-state index in [0.717, 1.165) is 5.56 Å². The first-order chi connectivity index (χ1) is 9.12. The molecule has 0 aliphatic rings. The van der Waals surface area contributed by atoms with Gasteiger partial charge >= 0.3 is 0 Å². The van der Waals surface area contributed by atoms with Crippen molar-refractivity contribution >= 4 is 14.0 Å². The van der Waals surface area contributed by atoms with Gasteiger partial charge in [-0.3, -0.25) is 4.79 Å². The maximum atomic E-state index is 11.8. The summed E-state index contributed by atoms with van der Waals surface area (Å²) in [5, 5.41) is 2.67. The lowest BCUT2D eigenvalue weighted by Gasteiger charge is -2.20. The number of rotatable bonds is 4. The molecule has 0 radical (unpaired) electrons. The van der Waals surface area contributed by atoms with E-state index in [4.69, 9.17) is 0 Å². The third-order valence-electron chi connectivity index (χ3n) is 3.89. The van der Waals surface area contributed by atoms with Gasteiger partial charge < -0.3 is 5.32 Å². The van der Waals surface area contributed by atoms with Crippen molar-refractivity contribution in [2.75, 3.05) is 7.05 Å². The summed E-state index contributed by atoms with van der Waals surface area (Å²) in [7, 11) is 0.188. The van der Waals surface area contributed by atoms with Gasteiger partial charge in [-0.1, -0.05) is 38.8 Å². The highest BCUT2D eigenvalue weighted by molar-refractivity contribution is 6.87. The molecule has 102 valence electrons. The Kier molecular flexibility index (Phi) is 5.84. The number of benzene rings is 1. The Bertz CT molecular complexity index is 487. The molecule has 0 aliphatic heterocycles. The van der Waals surface area contributed by atoms with Crippen LogP contribution in [-0.2, 0) is 0 Å². The third kappa shape index (κ3) is 3.71. The maximum Gasteiger partial charge on any atom is 0.252 e. The number of carbonyl (C=O) groups excluding carboxylic acids is 1. The van der Waals surface area contributed by atoms with E-state index in [1.165, 1.54) is 18.1 Å². The molecule has 0 bridgehead atoms. The monoisotopic (exact) mass is 273 g/mol. The minimum atomic E-state index is -1.46. The highest BCUT2D eigenvalue weighted by Crippen LogP contribution is 2.19. The fourth-order valence-electron chi connectivity index (χ4n) is 2.14. The van der Waals surface area contributed by atoms with Gasteiger partial charge in [0, 0.05) is 12.6 Å². The van der Waals surface area contributed by atoms with Crippen LogP contribution in [0.25, 0.3) is 0 Å². The Balaban J connectivity index is 3.17. The minimum absolute atomic E-state index is 0.0679. The normalized spacial score (nSPS) is 10.5. The number of hydrogen-bond donors (Lipinski definition) is 1. The average molecular weight is 273 g/mol. The van der Waals surface area contributed by atoms with Crippen molar-refractivity contribution in [3.8, 4) is 11.5 Å². The summed E-state index contributed by atoms with van der Waals surface area (Å²) in [4.78, 5) is 11.8. The van der Waals surface area contributed by atoms with Crippen LogP contribution in [0.2, 0.25) is 18.1 Å². The Morgan fingerprint density at radius 2 is 1.74 bits per heavy atom. The summed E-state index contributed by atoms with van der Waals surface area (Å²) in [5.41, 5.74) is 5.04. The lowest BCUT2D eigenvalue weighted by Crippen LogP contribution is -2.29. The second-order valence-electron chi connectivity index (χ2n) is 4.72. The van der Waals surface area contributed by atoms with Crippen LogP contribution < -0.4 is 5.32 Å². The molecule has 2 nitrogen and oxygen atoms in total. The summed E-state index contributed by atoms with van der Waals surface area (Å²) in [5.74, 6) is 3.21. The van der Waals surface area contributed by atoms with Crippen LogP contribution in [0.4, 0.5) is 0 Å². The molecule has 1 aromatic rings. The maximum absolute atomic E-state index is 11.8. The topological polar surface area (TPSA) is 29.1 Å². The smallest absolute Gasteiger partial charge is 0.252 e.